The van der Waals surface area contributed by atoms with Crippen molar-refractivity contribution in [1.29, 1.82) is 0 Å². The molecule has 0 unspecified atom stereocenters. The van der Waals surface area contributed by atoms with Gasteiger partial charge < -0.3 is 10.7 Å². The van der Waals surface area contributed by atoms with Gasteiger partial charge in [0, 0.05) is 5.39 Å². The molecule has 2 nitrogen and oxygen atoms in total. The molecule has 1 aliphatic carbocycles. The third kappa shape index (κ3) is 1.02. The van der Waals surface area contributed by atoms with E-state index in [0.717, 1.165) is 11.7 Å². The van der Waals surface area contributed by atoms with E-state index in [1.165, 1.54) is 29.3 Å². The van der Waals surface area contributed by atoms with Gasteiger partial charge in [-0.1, -0.05) is 18.2 Å². The fourth-order valence-electron chi connectivity index (χ4n) is 1.94. The molecule has 13 heavy (non-hydrogen) atoms. The maximum atomic E-state index is 5.72. The van der Waals surface area contributed by atoms with Gasteiger partial charge in [0.15, 0.2) is 0 Å². The van der Waals surface area contributed by atoms with Gasteiger partial charge >= 0.3 is 0 Å². The van der Waals surface area contributed by atoms with E-state index in [-0.39, 0.29) is 0 Å². The Bertz CT molecular complexity index is 452. The predicted molar refractivity (Wildman–Crippen MR) is 54.7 cm³/mol. The Morgan fingerprint density at radius 2 is 2.15 bits per heavy atom. The number of fused-ring (bicyclic) bond motifs is 1. The van der Waals surface area contributed by atoms with Crippen LogP contribution in [0.4, 0.5) is 5.82 Å². The summed E-state index contributed by atoms with van der Waals surface area (Å²) in [5.41, 5.74) is 8.40. The van der Waals surface area contributed by atoms with Gasteiger partial charge in [-0.15, -0.1) is 0 Å². The number of nitrogens with two attached hydrogens (primary N) is 1. The molecule has 0 radical (unpaired) electrons. The Hall–Kier alpha value is -1.44. The second kappa shape index (κ2) is 2.28. The summed E-state index contributed by atoms with van der Waals surface area (Å²) in [5.74, 6) is 1.55. The van der Waals surface area contributed by atoms with Crippen molar-refractivity contribution in [2.45, 2.75) is 18.8 Å². The summed E-state index contributed by atoms with van der Waals surface area (Å²) in [4.78, 5) is 3.23. The largest absolute Gasteiger partial charge is 0.385 e. The van der Waals surface area contributed by atoms with E-state index in [4.69, 9.17) is 5.73 Å². The molecule has 3 rings (SSSR count). The van der Waals surface area contributed by atoms with Crippen molar-refractivity contribution in [3.05, 3.63) is 29.8 Å². The molecule has 0 atom stereocenters. The zero-order valence-electron chi connectivity index (χ0n) is 7.38. The van der Waals surface area contributed by atoms with Crippen molar-refractivity contribution in [2.75, 3.05) is 5.73 Å². The maximum absolute atomic E-state index is 5.72. The third-order valence-electron chi connectivity index (χ3n) is 2.73. The standard InChI is InChI=1S/C11H12N2/c12-10-6-8-2-1-3-9(7-4-5-7)11(8)13-10/h1-3,6-7,13H,4-5,12H2. The number of benzene rings is 1. The van der Waals surface area contributed by atoms with Crippen molar-refractivity contribution in [2.24, 2.45) is 0 Å². The van der Waals surface area contributed by atoms with Crippen LogP contribution in [0.25, 0.3) is 10.9 Å². The molecule has 0 spiro atoms. The predicted octanol–water partition coefficient (Wildman–Crippen LogP) is 2.63. The number of para-hydroxylation sites is 1. The number of aromatic amines is 1. The van der Waals surface area contributed by atoms with E-state index in [1.807, 2.05) is 6.07 Å². The van der Waals surface area contributed by atoms with Crippen LogP contribution >= 0.6 is 0 Å². The number of nitrogen functional groups attached to an aromatic ring is 1. The van der Waals surface area contributed by atoms with Crippen LogP contribution in [0, 0.1) is 0 Å². The van der Waals surface area contributed by atoms with E-state index < -0.39 is 0 Å². The van der Waals surface area contributed by atoms with Crippen molar-refractivity contribution < 1.29 is 0 Å². The Kier molecular flexibility index (Phi) is 1.23. The normalized spacial score (nSPS) is 16.6. The number of H-pyrrole nitrogens is 1. The van der Waals surface area contributed by atoms with Gasteiger partial charge in [-0.2, -0.15) is 0 Å². The van der Waals surface area contributed by atoms with Crippen LogP contribution < -0.4 is 5.73 Å². The Morgan fingerprint density at radius 3 is 2.92 bits per heavy atom. The molecule has 0 amide bonds. The number of anilines is 1. The van der Waals surface area contributed by atoms with E-state index in [0.29, 0.717) is 0 Å². The average molecular weight is 172 g/mol. The number of hydrogen-bond donors (Lipinski definition) is 2. The summed E-state index contributed by atoms with van der Waals surface area (Å²) in [6.45, 7) is 0. The second-order valence-corrected chi connectivity index (χ2v) is 3.81. The molecule has 1 heterocycles. The summed E-state index contributed by atoms with van der Waals surface area (Å²) in [7, 11) is 0. The first-order valence-corrected chi connectivity index (χ1v) is 4.72. The highest BCUT2D eigenvalue weighted by Crippen LogP contribution is 2.42. The molecule has 2 aromatic rings. The smallest absolute Gasteiger partial charge is 0.101 e. The zero-order chi connectivity index (χ0) is 8.84. The lowest BCUT2D eigenvalue weighted by Crippen LogP contribution is -1.84. The van der Waals surface area contributed by atoms with Crippen molar-refractivity contribution >= 4 is 16.7 Å². The minimum Gasteiger partial charge on any atom is -0.385 e. The van der Waals surface area contributed by atoms with Gasteiger partial charge in [0.25, 0.3) is 0 Å². The van der Waals surface area contributed by atoms with E-state index >= 15 is 0 Å². The fraction of sp³-hybridized carbons (Fsp3) is 0.273. The Balaban J connectivity index is 2.31. The topological polar surface area (TPSA) is 41.8 Å². The van der Waals surface area contributed by atoms with E-state index in [9.17, 15) is 0 Å². The number of nitrogens with one attached hydrogen (secondary N) is 1. The highest BCUT2D eigenvalue weighted by atomic mass is 14.8. The molecule has 1 fully saturated rings. The summed E-state index contributed by atoms with van der Waals surface area (Å²) in [6, 6.07) is 8.43. The minimum atomic E-state index is 0.767. The van der Waals surface area contributed by atoms with Gasteiger partial charge in [-0.3, -0.25) is 0 Å². The molecule has 0 bridgehead atoms. The van der Waals surface area contributed by atoms with Crippen molar-refractivity contribution in [1.82, 2.24) is 4.98 Å². The summed E-state index contributed by atoms with van der Waals surface area (Å²) >= 11 is 0. The van der Waals surface area contributed by atoms with Gasteiger partial charge in [-0.25, -0.2) is 0 Å². The fourth-order valence-corrected chi connectivity index (χ4v) is 1.94. The molecule has 0 aliphatic heterocycles. The van der Waals surface area contributed by atoms with Crippen molar-refractivity contribution in [3.8, 4) is 0 Å². The van der Waals surface area contributed by atoms with Crippen LogP contribution in [-0.2, 0) is 0 Å². The highest BCUT2D eigenvalue weighted by Gasteiger charge is 2.25. The van der Waals surface area contributed by atoms with Crippen LogP contribution in [0.3, 0.4) is 0 Å². The number of rotatable bonds is 1. The maximum Gasteiger partial charge on any atom is 0.101 e. The van der Waals surface area contributed by atoms with E-state index in [1.54, 1.807) is 0 Å². The molecule has 1 aliphatic rings. The third-order valence-corrected chi connectivity index (χ3v) is 2.73. The molecular formula is C11H12N2. The van der Waals surface area contributed by atoms with Crippen LogP contribution in [0.5, 0.6) is 0 Å². The first-order chi connectivity index (χ1) is 6.34. The quantitative estimate of drug-likeness (QED) is 0.682. The Morgan fingerprint density at radius 1 is 1.31 bits per heavy atom. The van der Waals surface area contributed by atoms with Gasteiger partial charge in [0.05, 0.1) is 5.52 Å². The minimum absolute atomic E-state index is 0.767. The molecule has 66 valence electrons. The lowest BCUT2D eigenvalue weighted by atomic mass is 10.1. The molecule has 1 saturated carbocycles. The summed E-state index contributed by atoms with van der Waals surface area (Å²) < 4.78 is 0. The molecule has 1 aromatic heterocycles. The van der Waals surface area contributed by atoms with Crippen LogP contribution in [0.2, 0.25) is 0 Å². The molecule has 2 heteroatoms. The molecule has 3 N–H and O–H groups in total. The number of aromatic nitrogens is 1. The summed E-state index contributed by atoms with van der Waals surface area (Å²) in [5, 5.41) is 1.24. The van der Waals surface area contributed by atoms with Crippen LogP contribution in [-0.4, -0.2) is 4.98 Å². The van der Waals surface area contributed by atoms with Crippen LogP contribution in [0.1, 0.15) is 24.3 Å². The van der Waals surface area contributed by atoms with Crippen LogP contribution in [0.15, 0.2) is 24.3 Å². The number of hydrogen-bond acceptors (Lipinski definition) is 1. The second-order valence-electron chi connectivity index (χ2n) is 3.81. The lowest BCUT2D eigenvalue weighted by molar-refractivity contribution is 1.14. The van der Waals surface area contributed by atoms with Crippen molar-refractivity contribution in [3.63, 3.8) is 0 Å². The van der Waals surface area contributed by atoms with Gasteiger partial charge in [0.1, 0.15) is 5.82 Å². The molecule has 0 saturated heterocycles. The van der Waals surface area contributed by atoms with Gasteiger partial charge in [-0.05, 0) is 30.4 Å². The first kappa shape index (κ1) is 7.01. The highest BCUT2D eigenvalue weighted by molar-refractivity contribution is 5.86. The van der Waals surface area contributed by atoms with Gasteiger partial charge in [0.2, 0.25) is 0 Å². The SMILES string of the molecule is Nc1cc2cccc(C3CC3)c2[nH]1. The molecular weight excluding hydrogens is 160 g/mol. The summed E-state index contributed by atoms with van der Waals surface area (Å²) in [6.07, 6.45) is 2.66. The zero-order valence-corrected chi connectivity index (χ0v) is 7.38. The average Bonchev–Trinajstić information content (AvgIpc) is 2.86. The first-order valence-electron chi connectivity index (χ1n) is 4.72. The lowest BCUT2D eigenvalue weighted by Gasteiger charge is -1.99. The molecule has 1 aromatic carbocycles. The monoisotopic (exact) mass is 172 g/mol. The Labute approximate surface area is 76.8 Å². The van der Waals surface area contributed by atoms with E-state index in [2.05, 4.69) is 23.2 Å².